The van der Waals surface area contributed by atoms with Gasteiger partial charge in [-0.3, -0.25) is 0 Å². The van der Waals surface area contributed by atoms with Crippen LogP contribution in [0.4, 0.5) is 0 Å². The Kier molecular flexibility index (Phi) is 5.72. The molecule has 3 heteroatoms. The molecular weight excluding hydrogens is 218 g/mol. The van der Waals surface area contributed by atoms with Crippen LogP contribution < -0.4 is 4.74 Å². The number of hydrogen-bond acceptors (Lipinski definition) is 2. The van der Waals surface area contributed by atoms with Gasteiger partial charge in [-0.1, -0.05) is 13.8 Å². The smallest absolute Gasteiger partial charge is 0.215 e. The van der Waals surface area contributed by atoms with Crippen molar-refractivity contribution in [1.29, 1.82) is 0 Å². The van der Waals surface area contributed by atoms with E-state index >= 15 is 0 Å². The third-order valence-electron chi connectivity index (χ3n) is 1.19. The lowest BCUT2D eigenvalue weighted by atomic mass is 10.3. The zero-order chi connectivity index (χ0) is 9.56. The Morgan fingerprint density at radius 1 is 1.42 bits per heavy atom. The Labute approximate surface area is 82.1 Å². The molecule has 0 aromatic carbocycles. The lowest BCUT2D eigenvalue weighted by Crippen LogP contribution is -1.89. The highest BCUT2D eigenvalue weighted by Gasteiger charge is 1.97. The fourth-order valence-corrected chi connectivity index (χ4v) is 1.19. The number of aromatic nitrogens is 1. The molecule has 68 valence electrons. The van der Waals surface area contributed by atoms with Crippen molar-refractivity contribution in [2.75, 3.05) is 7.11 Å². The van der Waals surface area contributed by atoms with E-state index in [2.05, 4.69) is 20.9 Å². The maximum absolute atomic E-state index is 4.97. The second-order valence-electron chi connectivity index (χ2n) is 1.98. The Morgan fingerprint density at radius 2 is 2.00 bits per heavy atom. The number of halogens is 1. The number of methoxy groups -OCH3 is 1. The van der Waals surface area contributed by atoms with Crippen LogP contribution in [0.25, 0.3) is 0 Å². The van der Waals surface area contributed by atoms with Crippen LogP contribution in [0.2, 0.25) is 0 Å². The molecule has 1 rings (SSSR count). The molecule has 0 spiro atoms. The monoisotopic (exact) mass is 231 g/mol. The molecule has 1 aromatic heterocycles. The Hall–Kier alpha value is -0.570. The maximum Gasteiger partial charge on any atom is 0.215 e. The summed E-state index contributed by atoms with van der Waals surface area (Å²) in [6.07, 6.45) is 1.71. The van der Waals surface area contributed by atoms with E-state index in [0.717, 1.165) is 10.0 Å². The molecule has 0 radical (unpaired) electrons. The molecule has 0 atom stereocenters. The molecule has 0 bridgehead atoms. The van der Waals surface area contributed by atoms with Crippen molar-refractivity contribution in [2.24, 2.45) is 0 Å². The Balaban J connectivity index is 0.000000561. The standard InChI is InChI=1S/C7H8BrNO.C2H6/c1-5-3-6(8)4-9-7(5)10-2;1-2/h3-4H,1-2H3;1-2H3. The van der Waals surface area contributed by atoms with Gasteiger partial charge in [0.15, 0.2) is 0 Å². The van der Waals surface area contributed by atoms with Crippen molar-refractivity contribution in [3.8, 4) is 5.88 Å². The molecule has 0 N–H and O–H groups in total. The van der Waals surface area contributed by atoms with Gasteiger partial charge in [0.25, 0.3) is 0 Å². The van der Waals surface area contributed by atoms with E-state index in [9.17, 15) is 0 Å². The average Bonchev–Trinajstić information content (AvgIpc) is 2.08. The van der Waals surface area contributed by atoms with E-state index in [1.54, 1.807) is 13.3 Å². The number of ether oxygens (including phenoxy) is 1. The number of hydrogen-bond donors (Lipinski definition) is 0. The minimum absolute atomic E-state index is 0.684. The van der Waals surface area contributed by atoms with Crippen molar-refractivity contribution >= 4 is 15.9 Å². The molecule has 0 aliphatic carbocycles. The van der Waals surface area contributed by atoms with Gasteiger partial charge in [0.1, 0.15) is 0 Å². The van der Waals surface area contributed by atoms with Crippen LogP contribution in [-0.2, 0) is 0 Å². The van der Waals surface area contributed by atoms with Crippen molar-refractivity contribution in [2.45, 2.75) is 20.8 Å². The molecule has 0 unspecified atom stereocenters. The summed E-state index contributed by atoms with van der Waals surface area (Å²) in [7, 11) is 1.61. The summed E-state index contributed by atoms with van der Waals surface area (Å²) in [4.78, 5) is 4.03. The van der Waals surface area contributed by atoms with Gasteiger partial charge in [-0.15, -0.1) is 0 Å². The summed E-state index contributed by atoms with van der Waals surface area (Å²) in [5, 5.41) is 0. The first kappa shape index (κ1) is 11.4. The minimum atomic E-state index is 0.684. The lowest BCUT2D eigenvalue weighted by molar-refractivity contribution is 0.394. The fourth-order valence-electron chi connectivity index (χ4n) is 0.742. The summed E-state index contributed by atoms with van der Waals surface area (Å²) >= 11 is 3.31. The van der Waals surface area contributed by atoms with Crippen LogP contribution in [0.1, 0.15) is 19.4 Å². The molecule has 1 heterocycles. The SMILES string of the molecule is CC.COc1ncc(Br)cc1C. The van der Waals surface area contributed by atoms with E-state index in [1.807, 2.05) is 26.8 Å². The van der Waals surface area contributed by atoms with Crippen LogP contribution in [0.3, 0.4) is 0 Å². The summed E-state index contributed by atoms with van der Waals surface area (Å²) in [5.74, 6) is 0.684. The molecule has 12 heavy (non-hydrogen) atoms. The first-order valence-corrected chi connectivity index (χ1v) is 4.69. The average molecular weight is 232 g/mol. The normalized spacial score (nSPS) is 8.42. The fraction of sp³-hybridized carbons (Fsp3) is 0.444. The minimum Gasteiger partial charge on any atom is -0.481 e. The van der Waals surface area contributed by atoms with E-state index in [4.69, 9.17) is 4.74 Å². The predicted molar refractivity (Wildman–Crippen MR) is 54.6 cm³/mol. The summed E-state index contributed by atoms with van der Waals surface area (Å²) in [6.45, 7) is 5.95. The topological polar surface area (TPSA) is 22.1 Å². The first-order valence-electron chi connectivity index (χ1n) is 3.90. The van der Waals surface area contributed by atoms with Gasteiger partial charge in [0.2, 0.25) is 5.88 Å². The number of aryl methyl sites for hydroxylation is 1. The molecule has 0 amide bonds. The molecule has 0 saturated heterocycles. The molecule has 0 aliphatic heterocycles. The van der Waals surface area contributed by atoms with Gasteiger partial charge < -0.3 is 4.74 Å². The summed E-state index contributed by atoms with van der Waals surface area (Å²) in [6, 6.07) is 1.96. The quantitative estimate of drug-likeness (QED) is 0.741. The van der Waals surface area contributed by atoms with Gasteiger partial charge in [-0.25, -0.2) is 4.98 Å². The van der Waals surface area contributed by atoms with Crippen molar-refractivity contribution in [3.63, 3.8) is 0 Å². The van der Waals surface area contributed by atoms with E-state index < -0.39 is 0 Å². The molecular formula is C9H14BrNO. The second-order valence-corrected chi connectivity index (χ2v) is 2.90. The molecule has 1 aromatic rings. The van der Waals surface area contributed by atoms with E-state index in [0.29, 0.717) is 5.88 Å². The number of nitrogens with zero attached hydrogens (tertiary/aromatic N) is 1. The number of pyridine rings is 1. The predicted octanol–water partition coefficient (Wildman–Crippen LogP) is 3.19. The largest absolute Gasteiger partial charge is 0.481 e. The molecule has 0 aliphatic rings. The van der Waals surface area contributed by atoms with Crippen molar-refractivity contribution in [3.05, 3.63) is 22.3 Å². The lowest BCUT2D eigenvalue weighted by Gasteiger charge is -2.01. The highest BCUT2D eigenvalue weighted by molar-refractivity contribution is 9.10. The zero-order valence-corrected chi connectivity index (χ0v) is 9.47. The van der Waals surface area contributed by atoms with Gasteiger partial charge >= 0.3 is 0 Å². The van der Waals surface area contributed by atoms with Gasteiger partial charge in [0.05, 0.1) is 7.11 Å². The third kappa shape index (κ3) is 3.22. The number of rotatable bonds is 1. The molecule has 0 saturated carbocycles. The van der Waals surface area contributed by atoms with Gasteiger partial charge in [0, 0.05) is 16.2 Å². The Morgan fingerprint density at radius 3 is 2.42 bits per heavy atom. The third-order valence-corrected chi connectivity index (χ3v) is 1.62. The summed E-state index contributed by atoms with van der Waals surface area (Å²) < 4.78 is 5.95. The first-order chi connectivity index (χ1) is 5.74. The Bertz CT molecular complexity index is 238. The van der Waals surface area contributed by atoms with Crippen LogP contribution >= 0.6 is 15.9 Å². The van der Waals surface area contributed by atoms with E-state index in [-0.39, 0.29) is 0 Å². The van der Waals surface area contributed by atoms with Crippen molar-refractivity contribution < 1.29 is 4.74 Å². The maximum atomic E-state index is 4.97. The van der Waals surface area contributed by atoms with Crippen molar-refractivity contribution in [1.82, 2.24) is 4.98 Å². The van der Waals surface area contributed by atoms with Crippen LogP contribution in [0, 0.1) is 6.92 Å². The van der Waals surface area contributed by atoms with Gasteiger partial charge in [-0.05, 0) is 28.9 Å². The highest BCUT2D eigenvalue weighted by Crippen LogP contribution is 2.17. The highest BCUT2D eigenvalue weighted by atomic mass is 79.9. The molecule has 2 nitrogen and oxygen atoms in total. The van der Waals surface area contributed by atoms with E-state index in [1.165, 1.54) is 0 Å². The van der Waals surface area contributed by atoms with Gasteiger partial charge in [-0.2, -0.15) is 0 Å². The zero-order valence-electron chi connectivity index (χ0n) is 7.89. The van der Waals surface area contributed by atoms with Crippen LogP contribution in [-0.4, -0.2) is 12.1 Å². The molecule has 0 fully saturated rings. The van der Waals surface area contributed by atoms with Crippen LogP contribution in [0.15, 0.2) is 16.7 Å². The second kappa shape index (κ2) is 6.00. The van der Waals surface area contributed by atoms with Crippen LogP contribution in [0.5, 0.6) is 5.88 Å². The summed E-state index contributed by atoms with van der Waals surface area (Å²) in [5.41, 5.74) is 1.04.